The van der Waals surface area contributed by atoms with Crippen molar-refractivity contribution < 1.29 is 103 Å². The number of esters is 3. The van der Waals surface area contributed by atoms with Gasteiger partial charge < -0.3 is 48.9 Å². The number of nitrogens with one attached hydrogen (secondary N) is 3. The summed E-state index contributed by atoms with van der Waals surface area (Å²) in [5.41, 5.74) is 14.4. The van der Waals surface area contributed by atoms with Gasteiger partial charge in [-0.3, -0.25) is 39.0 Å². The Hall–Kier alpha value is -13.1. The van der Waals surface area contributed by atoms with Gasteiger partial charge in [0.25, 0.3) is 5.78 Å². The zero-order valence-corrected chi connectivity index (χ0v) is 62.8. The SMILES string of the molecule is CCOC(=O)C(=O)CNC(=O)Cc1ccccc1.CCOC(=O)C(=O)Cl.CCOC(=O)c1nnc(Cc2ccccc2)o1.NNC(=O)Cc1ccccc1.N[C@H]1C(=O)Cc2c(F)cc(F)cc2[C@H]2C[C@H]21.O=C(N[C@H]1C(=O)Cc2c(F)cc(F)cc2[C@H]2C[C@H]21)c1nnc(Cc2ccccc2)o1.O=C(O)c1nnc(Cc2ccccc2)o1. The van der Waals surface area contributed by atoms with E-state index in [4.69, 9.17) is 46.3 Å². The van der Waals surface area contributed by atoms with Gasteiger partial charge in [0, 0.05) is 25.0 Å². The highest BCUT2D eigenvalue weighted by Gasteiger charge is 2.52. The molecule has 600 valence electrons. The van der Waals surface area contributed by atoms with Crippen molar-refractivity contribution in [1.29, 1.82) is 0 Å². The number of carbonyl (C=O) groups is 11. The Balaban J connectivity index is 0.000000174. The number of aromatic carboxylic acids is 1. The van der Waals surface area contributed by atoms with Crippen molar-refractivity contribution in [3.63, 3.8) is 0 Å². The van der Waals surface area contributed by atoms with E-state index in [0.717, 1.165) is 46.4 Å². The van der Waals surface area contributed by atoms with E-state index in [0.29, 0.717) is 60.6 Å². The van der Waals surface area contributed by atoms with Crippen LogP contribution < -0.4 is 27.6 Å². The summed E-state index contributed by atoms with van der Waals surface area (Å²) in [5.74, 6) is -3.62. The predicted molar refractivity (Wildman–Crippen MR) is 399 cm³/mol. The fraction of sp³-hybridized carbons (Fsp3) is 0.272. The largest absolute Gasteiger partial charge is 0.474 e. The van der Waals surface area contributed by atoms with Crippen molar-refractivity contribution in [2.75, 3.05) is 26.4 Å². The monoisotopic (exact) mass is 1600 g/mol. The summed E-state index contributed by atoms with van der Waals surface area (Å²) >= 11 is 4.69. The van der Waals surface area contributed by atoms with Crippen molar-refractivity contribution in [2.45, 2.75) is 102 Å². The molecule has 0 aliphatic heterocycles. The number of carboxylic acid groups (broad SMARTS) is 1. The molecular weight excluding hydrogens is 1530 g/mol. The molecule has 34 heteroatoms. The van der Waals surface area contributed by atoms with E-state index in [9.17, 15) is 70.3 Å². The fourth-order valence-electron chi connectivity index (χ4n) is 11.7. The summed E-state index contributed by atoms with van der Waals surface area (Å²) < 4.78 is 83.6. The molecule has 115 heavy (non-hydrogen) atoms. The van der Waals surface area contributed by atoms with Crippen LogP contribution in [0.4, 0.5) is 17.6 Å². The highest BCUT2D eigenvalue weighted by atomic mass is 35.5. The maximum atomic E-state index is 14.2. The molecule has 0 bridgehead atoms. The van der Waals surface area contributed by atoms with Crippen molar-refractivity contribution in [2.24, 2.45) is 23.4 Å². The molecule has 3 aromatic heterocycles. The number of aromatic nitrogens is 6. The molecule has 14 rings (SSSR count). The molecule has 2 saturated carbocycles. The van der Waals surface area contributed by atoms with E-state index in [-0.39, 0.29) is 122 Å². The molecule has 7 aromatic carbocycles. The molecule has 4 aliphatic rings. The van der Waals surface area contributed by atoms with Gasteiger partial charge in [-0.1, -0.05) is 152 Å². The number of ketones is 3. The first kappa shape index (κ1) is 87.4. The Labute approximate surface area is 659 Å². The first-order chi connectivity index (χ1) is 55.2. The van der Waals surface area contributed by atoms with Crippen LogP contribution >= 0.6 is 11.6 Å². The summed E-state index contributed by atoms with van der Waals surface area (Å²) in [6, 6.07) is 50.2. The van der Waals surface area contributed by atoms with Gasteiger partial charge >= 0.3 is 52.7 Å². The Morgan fingerprint density at radius 2 is 0.896 bits per heavy atom. The summed E-state index contributed by atoms with van der Waals surface area (Å²) in [6.07, 6.45) is 3.01. The van der Waals surface area contributed by atoms with Crippen molar-refractivity contribution in [3.05, 3.63) is 285 Å². The van der Waals surface area contributed by atoms with Gasteiger partial charge in [0.05, 0.1) is 70.6 Å². The molecule has 0 saturated heterocycles. The number of hydrazine groups is 1. The van der Waals surface area contributed by atoms with Gasteiger partial charge in [-0.15, -0.1) is 30.6 Å². The lowest BCUT2D eigenvalue weighted by molar-refractivity contribution is -0.153. The minimum absolute atomic E-state index is 0.00435. The molecular formula is C81H78ClF4N11O18. The van der Waals surface area contributed by atoms with Crippen LogP contribution in [-0.4, -0.2) is 138 Å². The second-order valence-corrected chi connectivity index (χ2v) is 25.9. The topological polar surface area (TPSA) is 441 Å². The van der Waals surface area contributed by atoms with Gasteiger partial charge in [-0.2, -0.15) is 0 Å². The number of benzene rings is 7. The van der Waals surface area contributed by atoms with Gasteiger partial charge in [-0.05, 0) is 131 Å². The lowest BCUT2D eigenvalue weighted by atomic mass is 9.99. The van der Waals surface area contributed by atoms with Crippen molar-refractivity contribution in [1.82, 2.24) is 46.7 Å². The number of carboxylic acids is 1. The van der Waals surface area contributed by atoms with Gasteiger partial charge in [0.15, 0.2) is 11.6 Å². The molecule has 4 aliphatic carbocycles. The third kappa shape index (κ3) is 27.3. The minimum Gasteiger partial charge on any atom is -0.474 e. The highest BCUT2D eigenvalue weighted by molar-refractivity contribution is 6.80. The average molecular weight is 1610 g/mol. The van der Waals surface area contributed by atoms with Gasteiger partial charge in [0.2, 0.25) is 29.5 Å². The lowest BCUT2D eigenvalue weighted by Gasteiger charge is -2.14. The van der Waals surface area contributed by atoms with Crippen LogP contribution in [0.25, 0.3) is 0 Å². The zero-order chi connectivity index (χ0) is 83.1. The zero-order valence-electron chi connectivity index (χ0n) is 62.0. The van der Waals surface area contributed by atoms with Crippen LogP contribution in [0.3, 0.4) is 0 Å². The number of rotatable bonds is 21. The first-order valence-electron chi connectivity index (χ1n) is 35.7. The summed E-state index contributed by atoms with van der Waals surface area (Å²) in [7, 11) is 0. The first-order valence-corrected chi connectivity index (χ1v) is 36.1. The molecule has 3 heterocycles. The molecule has 2 fully saturated rings. The third-order valence-electron chi connectivity index (χ3n) is 17.2. The fourth-order valence-corrected chi connectivity index (χ4v) is 11.8. The number of amides is 3. The molecule has 3 amide bonds. The molecule has 29 nitrogen and oxygen atoms in total. The second kappa shape index (κ2) is 43.6. The molecule has 0 spiro atoms. The van der Waals surface area contributed by atoms with Gasteiger partial charge in [0.1, 0.15) is 23.3 Å². The van der Waals surface area contributed by atoms with Crippen LogP contribution in [-0.2, 0) is 97.5 Å². The van der Waals surface area contributed by atoms with Gasteiger partial charge in [-0.25, -0.2) is 42.6 Å². The Morgan fingerprint density at radius 3 is 1.32 bits per heavy atom. The standard InChI is InChI=1S/C22H17F2N3O3.C13H15NO4.C12H11F2NO.C12H12N2O3.C10H8N2O3.C8H10N2O.C4H5ClO3/c23-12-7-13-14-9-16(14)20(18(28)10-15(13)17(24)8-12)25-21(29)22-27-26-19(30-22)6-11-4-2-1-3-5-11;1-2-18-13(17)11(15)9-14-12(16)8-10-6-4-3-5-7-10;13-5-1-6-7-3-9(7)12(15)11(16)4-8(6)10(14)2-5;1-2-16-12(15)11-14-13-10(17-11)8-9-6-4-3-5-7-9;13-10(14)9-12-11-8(15-9)6-7-4-2-1-3-5-7;9-10-8(11)6-7-4-2-1-3-5-7;1-2-8-4(7)3(5)6/h1-5,7-8,14,16,20H,6,9-10H2,(H,25,29);3-7H,2,8-9H2,1H3,(H,14,16);1-2,7,9,12H,3-4,15H2;3-7H,2,8H2,1H3;1-5H,6H2,(H,13,14);1-5H,6,9H2,(H,10,11);2H2,1H3/t14-,16-,20-;;7-,9-,12-;;;;/m1.1..../s1. The number of fused-ring (bicyclic) bond motifs is 6. The normalized spacial score (nSPS) is 15.9. The second-order valence-electron chi connectivity index (χ2n) is 25.5. The average Bonchev–Trinajstić information content (AvgIpc) is 1.60. The number of Topliss-reactive ketones (excluding diaryl/α,β-unsaturated/α-hetero) is 3. The predicted octanol–water partition coefficient (Wildman–Crippen LogP) is 8.69. The number of nitrogens with two attached hydrogens (primary N) is 2. The number of hydrogen-bond acceptors (Lipinski definition) is 25. The number of carbonyl (C=O) groups excluding carboxylic acids is 10. The number of hydrogen-bond donors (Lipinski definition) is 6. The van der Waals surface area contributed by atoms with Crippen LogP contribution in [0.1, 0.15) is 145 Å². The summed E-state index contributed by atoms with van der Waals surface area (Å²) in [6.45, 7) is 5.20. The Bertz CT molecular complexity index is 5010. The maximum absolute atomic E-state index is 14.2. The van der Waals surface area contributed by atoms with E-state index in [1.54, 1.807) is 20.8 Å². The maximum Gasteiger partial charge on any atom is 0.396 e. The van der Waals surface area contributed by atoms with E-state index >= 15 is 0 Å². The molecule has 10 aromatic rings. The van der Waals surface area contributed by atoms with Crippen LogP contribution in [0.15, 0.2) is 189 Å². The highest BCUT2D eigenvalue weighted by Crippen LogP contribution is 2.54. The quantitative estimate of drug-likeness (QED) is 0.00572. The molecule has 8 N–H and O–H groups in total. The van der Waals surface area contributed by atoms with E-state index in [1.807, 2.05) is 152 Å². The molecule has 0 radical (unpaired) electrons. The smallest absolute Gasteiger partial charge is 0.396 e. The Morgan fingerprint density at radius 1 is 0.504 bits per heavy atom. The Kier molecular flexibility index (Phi) is 33.2. The van der Waals surface area contributed by atoms with E-state index in [1.165, 1.54) is 12.1 Å². The van der Waals surface area contributed by atoms with Crippen molar-refractivity contribution >= 4 is 75.8 Å². The third-order valence-corrected chi connectivity index (χ3v) is 17.4. The number of nitrogens with zero attached hydrogens (tertiary/aromatic N) is 6. The molecule has 0 unspecified atom stereocenters. The van der Waals surface area contributed by atoms with Crippen LogP contribution in [0, 0.1) is 35.1 Å². The number of ether oxygens (including phenoxy) is 3. The lowest BCUT2D eigenvalue weighted by Crippen LogP contribution is -2.43. The summed E-state index contributed by atoms with van der Waals surface area (Å²) in [4.78, 5) is 123. The minimum atomic E-state index is -1.21. The van der Waals surface area contributed by atoms with E-state index in [2.05, 4.69) is 56.1 Å². The number of halogens is 5. The van der Waals surface area contributed by atoms with Crippen LogP contribution in [0.5, 0.6) is 0 Å². The van der Waals surface area contributed by atoms with E-state index < -0.39 is 76.2 Å². The summed E-state index contributed by atoms with van der Waals surface area (Å²) in [5, 5.41) is 34.7. The molecule has 6 atom stereocenters. The van der Waals surface area contributed by atoms with Crippen LogP contribution in [0.2, 0.25) is 0 Å². The van der Waals surface area contributed by atoms with Crippen molar-refractivity contribution in [3.8, 4) is 0 Å².